The number of hydrazine groups is 1. The molecule has 5 rings (SSSR count). The molecule has 0 spiro atoms. The van der Waals surface area contributed by atoms with Gasteiger partial charge in [-0.1, -0.05) is 5.17 Å². The molecule has 0 aliphatic carbocycles. The second-order valence-corrected chi connectivity index (χ2v) is 11.1. The molecule has 2 aromatic heterocycles. The molecule has 39 heavy (non-hydrogen) atoms. The van der Waals surface area contributed by atoms with Crippen LogP contribution in [-0.2, 0) is 21.1 Å². The van der Waals surface area contributed by atoms with Gasteiger partial charge in [0.2, 0.25) is 5.88 Å². The minimum atomic E-state index is -3.36. The fourth-order valence-corrected chi connectivity index (χ4v) is 5.11. The number of carbonyl (C=O) groups is 2. The molecule has 13 nitrogen and oxygen atoms in total. The molecule has 1 N–H and O–H groups in total. The first-order valence-corrected chi connectivity index (χ1v) is 14.0. The average molecular weight is 555 g/mol. The second kappa shape index (κ2) is 10.6. The molecule has 1 saturated heterocycles. The zero-order chi connectivity index (χ0) is 27.7. The molecule has 0 bridgehead atoms. The lowest BCUT2D eigenvalue weighted by Crippen LogP contribution is -2.42. The number of methoxy groups -OCH3 is 1. The molecule has 2 aliphatic rings. The van der Waals surface area contributed by atoms with Crippen LogP contribution in [0.1, 0.15) is 39.3 Å². The molecule has 1 aromatic carbocycles. The van der Waals surface area contributed by atoms with Crippen molar-refractivity contribution < 1.29 is 32.7 Å². The number of piperidine rings is 1. The van der Waals surface area contributed by atoms with E-state index in [-0.39, 0.29) is 29.1 Å². The molecule has 0 saturated carbocycles. The van der Waals surface area contributed by atoms with Gasteiger partial charge in [-0.25, -0.2) is 33.2 Å². The van der Waals surface area contributed by atoms with Crippen molar-refractivity contribution in [3.8, 4) is 5.88 Å². The number of hydrogen-bond donors (Lipinski definition) is 1. The molecule has 0 unspecified atom stereocenters. The molecule has 2 aliphatic heterocycles. The molecule has 0 radical (unpaired) electrons. The first-order chi connectivity index (χ1) is 18.7. The Bertz CT molecular complexity index is 1490. The van der Waals surface area contributed by atoms with Gasteiger partial charge in [-0.3, -0.25) is 10.0 Å². The summed E-state index contributed by atoms with van der Waals surface area (Å²) in [4.78, 5) is 38.9. The van der Waals surface area contributed by atoms with E-state index in [0.29, 0.717) is 54.4 Å². The van der Waals surface area contributed by atoms with Crippen molar-refractivity contribution >= 4 is 33.2 Å². The minimum absolute atomic E-state index is 0.0746. The van der Waals surface area contributed by atoms with E-state index in [4.69, 9.17) is 4.74 Å². The number of benzene rings is 1. The lowest BCUT2D eigenvalue weighted by molar-refractivity contribution is -0.0915. The van der Waals surface area contributed by atoms with Crippen molar-refractivity contribution in [1.29, 1.82) is 0 Å². The van der Waals surface area contributed by atoms with Gasteiger partial charge in [0, 0.05) is 38.4 Å². The Balaban J connectivity index is 1.24. The van der Waals surface area contributed by atoms with Crippen LogP contribution < -0.4 is 9.75 Å². The summed E-state index contributed by atoms with van der Waals surface area (Å²) in [7, 11) is -2.09. The lowest BCUT2D eigenvalue weighted by atomic mass is 10.1. The molecule has 1 fully saturated rings. The van der Waals surface area contributed by atoms with Crippen molar-refractivity contribution in [2.75, 3.05) is 31.5 Å². The largest absolute Gasteiger partial charge is 0.474 e. The van der Waals surface area contributed by atoms with Gasteiger partial charge in [0.15, 0.2) is 15.7 Å². The summed E-state index contributed by atoms with van der Waals surface area (Å²) in [6, 6.07) is 9.11. The highest BCUT2D eigenvalue weighted by Gasteiger charge is 2.34. The fourth-order valence-electron chi connectivity index (χ4n) is 4.48. The summed E-state index contributed by atoms with van der Waals surface area (Å²) in [5.41, 5.74) is 1.62. The van der Waals surface area contributed by atoms with Gasteiger partial charge in [0.1, 0.15) is 18.1 Å². The van der Waals surface area contributed by atoms with Crippen LogP contribution in [0.5, 0.6) is 5.88 Å². The quantitative estimate of drug-likeness (QED) is 0.443. The van der Waals surface area contributed by atoms with Crippen molar-refractivity contribution in [2.45, 2.75) is 30.4 Å². The molecule has 204 valence electrons. The molecular weight excluding hydrogens is 528 g/mol. The zero-order valence-electron chi connectivity index (χ0n) is 21.2. The normalized spacial score (nSPS) is 16.2. The standard InChI is InChI=1S/C25H26N6O7S/c1-37-25(33)21-8-3-16(13-26-21)24(32)29-11-9-18(10-12-29)38-23-20-14-30(34)31(22(20)27-15-28-23)17-4-6-19(7-5-17)39(2,35)36/h3-8,13,15,18,34H,9-12,14H2,1-2H3. The third-order valence-electron chi connectivity index (χ3n) is 6.54. The number of likely N-dealkylation sites (tertiary alicyclic amines) is 1. The maximum atomic E-state index is 12.9. The number of pyridine rings is 1. The highest BCUT2D eigenvalue weighted by Crippen LogP contribution is 2.39. The molecule has 14 heteroatoms. The lowest BCUT2D eigenvalue weighted by Gasteiger charge is -2.32. The molecular formula is C25H26N6O7S. The number of amides is 1. The number of aromatic nitrogens is 3. The monoisotopic (exact) mass is 554 g/mol. The van der Waals surface area contributed by atoms with Gasteiger partial charge in [-0.05, 0) is 36.4 Å². The van der Waals surface area contributed by atoms with Crippen LogP contribution in [0.2, 0.25) is 0 Å². The van der Waals surface area contributed by atoms with Crippen molar-refractivity contribution in [2.24, 2.45) is 0 Å². The SMILES string of the molecule is COC(=O)c1ccc(C(=O)N2CCC(Oc3ncnc4c3CN(O)N4c3ccc(S(C)(=O)=O)cc3)CC2)cn1. The van der Waals surface area contributed by atoms with Gasteiger partial charge in [0.25, 0.3) is 5.91 Å². The van der Waals surface area contributed by atoms with Crippen LogP contribution in [0.3, 0.4) is 0 Å². The van der Waals surface area contributed by atoms with Crippen molar-refractivity contribution in [1.82, 2.24) is 25.0 Å². The number of anilines is 2. The third-order valence-corrected chi connectivity index (χ3v) is 7.66. The van der Waals surface area contributed by atoms with Crippen molar-refractivity contribution in [3.05, 3.63) is 65.7 Å². The Kier molecular flexibility index (Phi) is 7.16. The third kappa shape index (κ3) is 5.39. The summed E-state index contributed by atoms with van der Waals surface area (Å²) in [6.07, 6.45) is 4.76. The Labute approximate surface area is 224 Å². The minimum Gasteiger partial charge on any atom is -0.474 e. The molecule has 4 heterocycles. The van der Waals surface area contributed by atoms with E-state index in [9.17, 15) is 23.2 Å². The number of esters is 1. The number of rotatable bonds is 6. The van der Waals surface area contributed by atoms with Crippen molar-refractivity contribution in [3.63, 3.8) is 0 Å². The van der Waals surface area contributed by atoms with E-state index in [1.807, 2.05) is 0 Å². The van der Waals surface area contributed by atoms with E-state index in [0.717, 1.165) is 11.4 Å². The topological polar surface area (TPSA) is 155 Å². The maximum Gasteiger partial charge on any atom is 0.356 e. The van der Waals surface area contributed by atoms with Crippen LogP contribution in [-0.4, -0.2) is 83.1 Å². The predicted molar refractivity (Wildman–Crippen MR) is 136 cm³/mol. The fraction of sp³-hybridized carbons (Fsp3) is 0.320. The number of hydrogen-bond acceptors (Lipinski definition) is 12. The average Bonchev–Trinajstić information content (AvgIpc) is 3.29. The summed E-state index contributed by atoms with van der Waals surface area (Å²) in [6.45, 7) is 0.992. The molecule has 1 amide bonds. The van der Waals surface area contributed by atoms with Crippen LogP contribution in [0.4, 0.5) is 11.5 Å². The summed E-state index contributed by atoms with van der Waals surface area (Å²) in [5, 5.41) is 13.0. The van der Waals surface area contributed by atoms with Crippen LogP contribution in [0, 0.1) is 0 Å². The first kappa shape index (κ1) is 26.5. The smallest absolute Gasteiger partial charge is 0.356 e. The molecule has 3 aromatic rings. The number of nitrogens with zero attached hydrogens (tertiary/aromatic N) is 6. The highest BCUT2D eigenvalue weighted by atomic mass is 32.2. The van der Waals surface area contributed by atoms with Crippen LogP contribution in [0.25, 0.3) is 0 Å². The van der Waals surface area contributed by atoms with Gasteiger partial charge in [-0.15, -0.1) is 0 Å². The number of carbonyl (C=O) groups excluding carboxylic acids is 2. The number of sulfone groups is 1. The Morgan fingerprint density at radius 2 is 1.74 bits per heavy atom. The Hall–Kier alpha value is -4.14. The van der Waals surface area contributed by atoms with E-state index < -0.39 is 15.8 Å². The van der Waals surface area contributed by atoms with Gasteiger partial charge in [-0.2, -0.15) is 0 Å². The number of hydroxylamine groups is 1. The summed E-state index contributed by atoms with van der Waals surface area (Å²) >= 11 is 0. The van der Waals surface area contributed by atoms with Gasteiger partial charge in [0.05, 0.1) is 35.4 Å². The van der Waals surface area contributed by atoms with Crippen LogP contribution >= 0.6 is 0 Å². The van der Waals surface area contributed by atoms with E-state index in [2.05, 4.69) is 19.7 Å². The molecule has 0 atom stereocenters. The maximum absolute atomic E-state index is 12.9. The second-order valence-electron chi connectivity index (χ2n) is 9.12. The van der Waals surface area contributed by atoms with Gasteiger partial charge >= 0.3 is 5.97 Å². The highest BCUT2D eigenvalue weighted by molar-refractivity contribution is 7.90. The van der Waals surface area contributed by atoms with E-state index in [1.165, 1.54) is 42.8 Å². The first-order valence-electron chi connectivity index (χ1n) is 12.1. The predicted octanol–water partition coefficient (Wildman–Crippen LogP) is 2.00. The van der Waals surface area contributed by atoms with E-state index >= 15 is 0 Å². The summed E-state index contributed by atoms with van der Waals surface area (Å²) in [5.74, 6) is 0.000937. The Morgan fingerprint density at radius 1 is 1.03 bits per heavy atom. The van der Waals surface area contributed by atoms with Crippen LogP contribution in [0.15, 0.2) is 53.8 Å². The zero-order valence-corrected chi connectivity index (χ0v) is 22.0. The van der Waals surface area contributed by atoms with Gasteiger partial charge < -0.3 is 14.4 Å². The summed E-state index contributed by atoms with van der Waals surface area (Å²) < 4.78 is 34.4. The number of ether oxygens (including phenoxy) is 2. The van der Waals surface area contributed by atoms with E-state index in [1.54, 1.807) is 23.1 Å². The number of fused-ring (bicyclic) bond motifs is 1. The Morgan fingerprint density at radius 3 is 2.36 bits per heavy atom.